The van der Waals surface area contributed by atoms with Crippen molar-refractivity contribution >= 4 is 5.69 Å². The van der Waals surface area contributed by atoms with Crippen LogP contribution in [0.5, 0.6) is 5.88 Å². The predicted octanol–water partition coefficient (Wildman–Crippen LogP) is 2.74. The second kappa shape index (κ2) is 6.31. The fraction of sp³-hybridized carbons (Fsp3) is 0.625. The molecular formula is C16H21N3O2. The molecule has 0 unspecified atom stereocenters. The standard InChI is InChI=1S/C16H21N3O2/c1-20-16-6-5-11(10-18-16)19-14-3-2-4-15-13(14)9-12(21-15)7-8-17/h5-6,10,12-15,19H,2-4,7,9H2,1H3/t12-,13-,14+,15-/m0/s1. The van der Waals surface area contributed by atoms with E-state index in [1.54, 1.807) is 7.11 Å². The van der Waals surface area contributed by atoms with Gasteiger partial charge < -0.3 is 14.8 Å². The van der Waals surface area contributed by atoms with Gasteiger partial charge in [-0.3, -0.25) is 0 Å². The Hall–Kier alpha value is -1.80. The van der Waals surface area contributed by atoms with Crippen molar-refractivity contribution in [3.05, 3.63) is 18.3 Å². The zero-order valence-electron chi connectivity index (χ0n) is 12.3. The highest BCUT2D eigenvalue weighted by Crippen LogP contribution is 2.39. The maximum atomic E-state index is 8.84. The molecule has 5 nitrogen and oxygen atoms in total. The predicted molar refractivity (Wildman–Crippen MR) is 79.0 cm³/mol. The molecule has 1 aromatic heterocycles. The molecule has 4 atom stereocenters. The zero-order valence-corrected chi connectivity index (χ0v) is 12.3. The van der Waals surface area contributed by atoms with Crippen LogP contribution in [0.3, 0.4) is 0 Å². The Morgan fingerprint density at radius 3 is 3.10 bits per heavy atom. The number of fused-ring (bicyclic) bond motifs is 1. The molecule has 112 valence electrons. The summed E-state index contributed by atoms with van der Waals surface area (Å²) < 4.78 is 11.1. The number of methoxy groups -OCH3 is 1. The van der Waals surface area contributed by atoms with Gasteiger partial charge in [0.25, 0.3) is 0 Å². The van der Waals surface area contributed by atoms with Crippen LogP contribution < -0.4 is 10.1 Å². The van der Waals surface area contributed by atoms with Gasteiger partial charge in [0.15, 0.2) is 0 Å². The molecule has 1 saturated carbocycles. The van der Waals surface area contributed by atoms with Crippen LogP contribution in [0.4, 0.5) is 5.69 Å². The third-order valence-electron chi connectivity index (χ3n) is 4.52. The van der Waals surface area contributed by atoms with Gasteiger partial charge in [0, 0.05) is 18.0 Å². The molecule has 1 aliphatic heterocycles. The summed E-state index contributed by atoms with van der Waals surface area (Å²) in [5.74, 6) is 1.12. The quantitative estimate of drug-likeness (QED) is 0.922. The monoisotopic (exact) mass is 287 g/mol. The number of ether oxygens (including phenoxy) is 2. The van der Waals surface area contributed by atoms with Gasteiger partial charge in [0.1, 0.15) is 0 Å². The van der Waals surface area contributed by atoms with Crippen LogP contribution in [0.25, 0.3) is 0 Å². The highest BCUT2D eigenvalue weighted by atomic mass is 16.5. The molecule has 1 aromatic rings. The van der Waals surface area contributed by atoms with Crippen molar-refractivity contribution in [2.45, 2.75) is 50.4 Å². The second-order valence-electron chi connectivity index (χ2n) is 5.83. The number of nitrogens with zero attached hydrogens (tertiary/aromatic N) is 2. The highest BCUT2D eigenvalue weighted by Gasteiger charge is 2.41. The highest BCUT2D eigenvalue weighted by molar-refractivity contribution is 5.43. The maximum Gasteiger partial charge on any atom is 0.213 e. The number of hydrogen-bond donors (Lipinski definition) is 1. The summed E-state index contributed by atoms with van der Waals surface area (Å²) in [6.45, 7) is 0. The lowest BCUT2D eigenvalue weighted by atomic mass is 9.81. The molecular weight excluding hydrogens is 266 g/mol. The molecule has 0 bridgehead atoms. The molecule has 2 heterocycles. The first-order valence-electron chi connectivity index (χ1n) is 7.59. The molecule has 0 radical (unpaired) electrons. The van der Waals surface area contributed by atoms with Crippen LogP contribution in [0.15, 0.2) is 18.3 Å². The van der Waals surface area contributed by atoms with Crippen LogP contribution in [0.2, 0.25) is 0 Å². The van der Waals surface area contributed by atoms with Crippen LogP contribution in [-0.4, -0.2) is 30.3 Å². The third kappa shape index (κ3) is 3.11. The van der Waals surface area contributed by atoms with E-state index in [-0.39, 0.29) is 6.10 Å². The van der Waals surface area contributed by atoms with E-state index in [0.717, 1.165) is 24.9 Å². The first kappa shape index (κ1) is 14.2. The average Bonchev–Trinajstić information content (AvgIpc) is 2.92. The lowest BCUT2D eigenvalue weighted by molar-refractivity contribution is 0.0189. The minimum atomic E-state index is 0.112. The summed E-state index contributed by atoms with van der Waals surface area (Å²) >= 11 is 0. The Balaban J connectivity index is 1.65. The van der Waals surface area contributed by atoms with E-state index in [4.69, 9.17) is 14.7 Å². The van der Waals surface area contributed by atoms with Crippen LogP contribution >= 0.6 is 0 Å². The van der Waals surface area contributed by atoms with Crippen molar-refractivity contribution < 1.29 is 9.47 Å². The number of pyridine rings is 1. The minimum Gasteiger partial charge on any atom is -0.481 e. The summed E-state index contributed by atoms with van der Waals surface area (Å²) in [5.41, 5.74) is 1.02. The van der Waals surface area contributed by atoms with Crippen LogP contribution in [0.1, 0.15) is 32.1 Å². The first-order chi connectivity index (χ1) is 10.3. The Morgan fingerprint density at radius 1 is 1.48 bits per heavy atom. The molecule has 21 heavy (non-hydrogen) atoms. The zero-order chi connectivity index (χ0) is 14.7. The minimum absolute atomic E-state index is 0.112. The molecule has 1 saturated heterocycles. The van der Waals surface area contributed by atoms with Gasteiger partial charge in [-0.25, -0.2) is 4.98 Å². The van der Waals surface area contributed by atoms with Gasteiger partial charge in [-0.2, -0.15) is 5.26 Å². The number of hydrogen-bond acceptors (Lipinski definition) is 5. The lowest BCUT2D eigenvalue weighted by Crippen LogP contribution is -2.38. The van der Waals surface area contributed by atoms with Crippen molar-refractivity contribution in [2.24, 2.45) is 5.92 Å². The smallest absolute Gasteiger partial charge is 0.213 e. The fourth-order valence-electron chi connectivity index (χ4n) is 3.53. The molecule has 0 aromatic carbocycles. The Bertz CT molecular complexity index is 511. The molecule has 5 heteroatoms. The first-order valence-corrected chi connectivity index (χ1v) is 7.59. The van der Waals surface area contributed by atoms with Crippen molar-refractivity contribution in [3.8, 4) is 11.9 Å². The van der Waals surface area contributed by atoms with Gasteiger partial charge in [-0.15, -0.1) is 0 Å². The average molecular weight is 287 g/mol. The van der Waals surface area contributed by atoms with Gasteiger partial charge in [0.05, 0.1) is 43.7 Å². The SMILES string of the molecule is COc1ccc(N[C@@H]2CCC[C@@H]3O[C@@H](CC#N)C[C@H]32)cn1. The van der Waals surface area contributed by atoms with Gasteiger partial charge in [-0.1, -0.05) is 0 Å². The van der Waals surface area contributed by atoms with Crippen molar-refractivity contribution in [2.75, 3.05) is 12.4 Å². The summed E-state index contributed by atoms with van der Waals surface area (Å²) in [5, 5.41) is 12.4. The molecule has 1 N–H and O–H groups in total. The Labute approximate surface area is 125 Å². The summed E-state index contributed by atoms with van der Waals surface area (Å²) in [4.78, 5) is 4.23. The molecule has 3 rings (SSSR count). The lowest BCUT2D eigenvalue weighted by Gasteiger charge is -2.33. The van der Waals surface area contributed by atoms with E-state index in [0.29, 0.717) is 30.4 Å². The van der Waals surface area contributed by atoms with Gasteiger partial charge >= 0.3 is 0 Å². The summed E-state index contributed by atoms with van der Waals surface area (Å²) in [6, 6.07) is 6.50. The van der Waals surface area contributed by atoms with E-state index in [2.05, 4.69) is 16.4 Å². The second-order valence-corrected chi connectivity index (χ2v) is 5.83. The topological polar surface area (TPSA) is 67.2 Å². The number of nitriles is 1. The molecule has 0 amide bonds. The van der Waals surface area contributed by atoms with E-state index in [9.17, 15) is 0 Å². The Morgan fingerprint density at radius 2 is 2.38 bits per heavy atom. The van der Waals surface area contributed by atoms with E-state index < -0.39 is 0 Å². The molecule has 2 fully saturated rings. The van der Waals surface area contributed by atoms with Crippen molar-refractivity contribution in [1.82, 2.24) is 4.98 Å². The normalized spacial score (nSPS) is 31.2. The van der Waals surface area contributed by atoms with Crippen molar-refractivity contribution in [3.63, 3.8) is 0 Å². The molecule has 2 aliphatic rings. The summed E-state index contributed by atoms with van der Waals surface area (Å²) in [6.07, 6.45) is 7.15. The third-order valence-corrected chi connectivity index (χ3v) is 4.52. The number of rotatable bonds is 4. The number of nitrogens with one attached hydrogen (secondary N) is 1. The van der Waals surface area contributed by atoms with Gasteiger partial charge in [-0.05, 0) is 31.7 Å². The van der Waals surface area contributed by atoms with Crippen LogP contribution in [-0.2, 0) is 4.74 Å². The maximum absolute atomic E-state index is 8.84. The summed E-state index contributed by atoms with van der Waals surface area (Å²) in [7, 11) is 1.62. The van der Waals surface area contributed by atoms with Crippen molar-refractivity contribution in [1.29, 1.82) is 5.26 Å². The van der Waals surface area contributed by atoms with E-state index >= 15 is 0 Å². The largest absolute Gasteiger partial charge is 0.481 e. The molecule has 1 aliphatic carbocycles. The number of anilines is 1. The van der Waals surface area contributed by atoms with E-state index in [1.165, 1.54) is 6.42 Å². The van der Waals surface area contributed by atoms with E-state index in [1.807, 2.05) is 18.3 Å². The van der Waals surface area contributed by atoms with Crippen LogP contribution in [0, 0.1) is 17.2 Å². The fourth-order valence-corrected chi connectivity index (χ4v) is 3.53. The number of aromatic nitrogens is 1. The van der Waals surface area contributed by atoms with Gasteiger partial charge in [0.2, 0.25) is 5.88 Å². The Kier molecular flexibility index (Phi) is 4.26. The molecule has 0 spiro atoms.